The van der Waals surface area contributed by atoms with Crippen molar-refractivity contribution in [3.05, 3.63) is 50.5 Å². The van der Waals surface area contributed by atoms with Gasteiger partial charge in [0.2, 0.25) is 11.8 Å². The van der Waals surface area contributed by atoms with Crippen molar-refractivity contribution in [1.29, 1.82) is 0 Å². The van der Waals surface area contributed by atoms with Gasteiger partial charge in [0.15, 0.2) is 0 Å². The first kappa shape index (κ1) is 23.7. The van der Waals surface area contributed by atoms with Crippen LogP contribution >= 0.6 is 11.8 Å². The summed E-state index contributed by atoms with van der Waals surface area (Å²) in [6.07, 6.45) is -0.00162. The number of rotatable bonds is 10. The summed E-state index contributed by atoms with van der Waals surface area (Å²) in [4.78, 5) is 49.2. The molecule has 0 bridgehead atoms. The monoisotopic (exact) mass is 463 g/mol. The Hall–Kier alpha value is -2.92. The van der Waals surface area contributed by atoms with Gasteiger partial charge in [-0.3, -0.25) is 19.7 Å². The Morgan fingerprint density at radius 2 is 2.06 bits per heavy atom. The maximum Gasteiger partial charge on any atom is 0.356 e. The van der Waals surface area contributed by atoms with Crippen LogP contribution in [0.15, 0.2) is 34.9 Å². The van der Waals surface area contributed by atoms with Gasteiger partial charge < -0.3 is 20.1 Å². The van der Waals surface area contributed by atoms with E-state index in [0.717, 1.165) is 0 Å². The number of β-lactam (4-membered cyclic amide) rings is 1. The number of aliphatic hydroxyl groups excluding tert-OH is 1. The Morgan fingerprint density at radius 1 is 1.38 bits per heavy atom. The number of amides is 2. The third-order valence-corrected chi connectivity index (χ3v) is 6.54. The number of nitrogens with zero attached hydrogens (tertiary/aromatic N) is 2. The van der Waals surface area contributed by atoms with Gasteiger partial charge >= 0.3 is 5.97 Å². The van der Waals surface area contributed by atoms with Crippen LogP contribution in [0.4, 0.5) is 5.69 Å². The summed E-state index contributed by atoms with van der Waals surface area (Å²) in [5.41, 5.74) is 0.684. The minimum absolute atomic E-state index is 0.0642. The highest BCUT2D eigenvalue weighted by Gasteiger charge is 2.57. The first-order valence-corrected chi connectivity index (χ1v) is 11.3. The maximum atomic E-state index is 12.9. The van der Waals surface area contributed by atoms with E-state index in [1.165, 1.54) is 40.9 Å². The molecule has 2 aliphatic heterocycles. The molecule has 1 fully saturated rings. The molecule has 2 aliphatic rings. The molecule has 11 heteroatoms. The summed E-state index contributed by atoms with van der Waals surface area (Å²) >= 11 is 1.38. The number of esters is 1. The molecule has 0 spiro atoms. The minimum Gasteiger partial charge on any atom is -0.456 e. The largest absolute Gasteiger partial charge is 0.456 e. The Morgan fingerprint density at radius 3 is 2.66 bits per heavy atom. The molecule has 3 atom stereocenters. The molecule has 0 saturated carbocycles. The molecule has 1 aromatic rings. The van der Waals surface area contributed by atoms with Crippen LogP contribution in [0, 0.1) is 16.0 Å². The maximum absolute atomic E-state index is 12.9. The number of hydrogen-bond acceptors (Lipinski definition) is 8. The lowest BCUT2D eigenvalue weighted by Crippen LogP contribution is -2.61. The predicted octanol–water partition coefficient (Wildman–Crippen LogP) is 1.72. The second-order valence-electron chi connectivity index (χ2n) is 7.57. The van der Waals surface area contributed by atoms with Crippen molar-refractivity contribution < 1.29 is 29.2 Å². The van der Waals surface area contributed by atoms with Crippen molar-refractivity contribution in [1.82, 2.24) is 10.2 Å². The van der Waals surface area contributed by atoms with E-state index in [1.807, 2.05) is 0 Å². The number of thioether (sulfide) groups is 1. The number of aliphatic hydroxyl groups is 1. The van der Waals surface area contributed by atoms with Gasteiger partial charge in [-0.1, -0.05) is 6.92 Å². The summed E-state index contributed by atoms with van der Waals surface area (Å²) < 4.78 is 5.40. The van der Waals surface area contributed by atoms with E-state index in [9.17, 15) is 29.6 Å². The van der Waals surface area contributed by atoms with Crippen LogP contribution < -0.4 is 5.32 Å². The second kappa shape index (κ2) is 10.1. The number of nitro benzene ring substituents is 1. The summed E-state index contributed by atoms with van der Waals surface area (Å²) in [5.74, 6) is -1.09. The van der Waals surface area contributed by atoms with E-state index in [2.05, 4.69) is 5.32 Å². The zero-order valence-electron chi connectivity index (χ0n) is 17.8. The van der Waals surface area contributed by atoms with Gasteiger partial charge in [-0.25, -0.2) is 4.79 Å². The van der Waals surface area contributed by atoms with E-state index in [1.54, 1.807) is 13.8 Å². The normalized spacial score (nSPS) is 20.5. The quantitative estimate of drug-likeness (QED) is 0.176. The zero-order valence-corrected chi connectivity index (χ0v) is 18.6. The highest BCUT2D eigenvalue weighted by Crippen LogP contribution is 2.47. The van der Waals surface area contributed by atoms with Gasteiger partial charge in [-0.2, -0.15) is 0 Å². The fraction of sp³-hybridized carbons (Fsp3) is 0.476. The molecule has 2 N–H and O–H groups in total. The Labute approximate surface area is 189 Å². The number of ether oxygens (including phenoxy) is 1. The SMILES string of the molecule is CCC(=O)NCCSC1=C(C(=O)OCc2ccc([N+](=O)[O-])cc2)N2C(=O)[C@H]([C@@H](C)O)[C@H]2C1. The standard InChI is InChI=1S/C21H25N3O7S/c1-3-17(26)22-8-9-32-16-10-15-18(12(2)25)20(27)23(15)19(16)21(28)31-11-13-4-6-14(7-5-13)24(29)30/h4-7,12,15,18,25H,3,8-11H2,1-2H3,(H,22,26)/t12-,15-,18-/m1/s1. The van der Waals surface area contributed by atoms with Crippen LogP contribution in [0.1, 0.15) is 32.3 Å². The molecular formula is C21H25N3O7S. The molecule has 1 saturated heterocycles. The summed E-state index contributed by atoms with van der Waals surface area (Å²) in [6.45, 7) is 3.63. The number of carbonyl (C=O) groups excluding carboxylic acids is 3. The number of fused-ring (bicyclic) bond motifs is 1. The lowest BCUT2D eigenvalue weighted by molar-refractivity contribution is -0.384. The van der Waals surface area contributed by atoms with Gasteiger partial charge in [0, 0.05) is 42.2 Å². The van der Waals surface area contributed by atoms with Gasteiger partial charge in [0.05, 0.1) is 23.0 Å². The van der Waals surface area contributed by atoms with E-state index < -0.39 is 22.9 Å². The molecule has 10 nitrogen and oxygen atoms in total. The molecule has 0 radical (unpaired) electrons. The van der Waals surface area contributed by atoms with E-state index in [0.29, 0.717) is 35.6 Å². The fourth-order valence-corrected chi connectivity index (χ4v) is 4.83. The van der Waals surface area contributed by atoms with Crippen molar-refractivity contribution in [2.45, 2.75) is 45.4 Å². The fourth-order valence-electron chi connectivity index (χ4n) is 3.77. The zero-order chi connectivity index (χ0) is 23.4. The Balaban J connectivity index is 1.69. The summed E-state index contributed by atoms with van der Waals surface area (Å²) in [5, 5.41) is 23.5. The lowest BCUT2D eigenvalue weighted by atomic mass is 9.83. The minimum atomic E-state index is -0.825. The van der Waals surface area contributed by atoms with E-state index in [4.69, 9.17) is 4.74 Å². The average molecular weight is 464 g/mol. The predicted molar refractivity (Wildman–Crippen MR) is 116 cm³/mol. The topological polar surface area (TPSA) is 139 Å². The van der Waals surface area contributed by atoms with E-state index in [-0.39, 0.29) is 35.8 Å². The molecule has 0 unspecified atom stereocenters. The molecule has 172 valence electrons. The molecule has 2 amide bonds. The number of carbonyl (C=O) groups is 3. The molecule has 0 aliphatic carbocycles. The van der Waals surface area contributed by atoms with Crippen LogP contribution in [-0.2, 0) is 25.7 Å². The first-order chi connectivity index (χ1) is 15.2. The third kappa shape index (κ3) is 4.94. The van der Waals surface area contributed by atoms with Crippen LogP contribution in [0.25, 0.3) is 0 Å². The number of nitro groups is 1. The average Bonchev–Trinajstić information content (AvgIpc) is 3.08. The molecule has 0 aromatic heterocycles. The third-order valence-electron chi connectivity index (χ3n) is 5.42. The van der Waals surface area contributed by atoms with Crippen LogP contribution in [0.2, 0.25) is 0 Å². The smallest absolute Gasteiger partial charge is 0.356 e. The summed E-state index contributed by atoms with van der Waals surface area (Å²) in [6, 6.07) is 5.36. The lowest BCUT2D eigenvalue weighted by Gasteiger charge is -2.44. The van der Waals surface area contributed by atoms with Gasteiger partial charge in [-0.05, 0) is 24.6 Å². The number of benzene rings is 1. The highest BCUT2D eigenvalue weighted by atomic mass is 32.2. The summed E-state index contributed by atoms with van der Waals surface area (Å²) in [7, 11) is 0. The molecule has 32 heavy (non-hydrogen) atoms. The number of nitrogens with one attached hydrogen (secondary N) is 1. The number of hydrogen-bond donors (Lipinski definition) is 2. The second-order valence-corrected chi connectivity index (χ2v) is 8.76. The molecule has 1 aromatic carbocycles. The van der Waals surface area contributed by atoms with Gasteiger partial charge in [-0.15, -0.1) is 11.8 Å². The first-order valence-electron chi connectivity index (χ1n) is 10.3. The van der Waals surface area contributed by atoms with Crippen LogP contribution in [-0.4, -0.2) is 57.2 Å². The van der Waals surface area contributed by atoms with Crippen LogP contribution in [0.5, 0.6) is 0 Å². The van der Waals surface area contributed by atoms with Crippen molar-refractivity contribution in [3.63, 3.8) is 0 Å². The van der Waals surface area contributed by atoms with Gasteiger partial charge in [0.25, 0.3) is 5.69 Å². The molecule has 2 heterocycles. The van der Waals surface area contributed by atoms with Gasteiger partial charge in [0.1, 0.15) is 12.3 Å². The van der Waals surface area contributed by atoms with Crippen molar-refractivity contribution in [3.8, 4) is 0 Å². The number of non-ortho nitro benzene ring substituents is 1. The Bertz CT molecular complexity index is 945. The Kier molecular flexibility index (Phi) is 7.52. The highest BCUT2D eigenvalue weighted by molar-refractivity contribution is 8.03. The van der Waals surface area contributed by atoms with Crippen molar-refractivity contribution in [2.75, 3.05) is 12.3 Å². The molecule has 3 rings (SSSR count). The van der Waals surface area contributed by atoms with E-state index >= 15 is 0 Å². The van der Waals surface area contributed by atoms with Crippen molar-refractivity contribution >= 4 is 35.2 Å². The van der Waals surface area contributed by atoms with Crippen molar-refractivity contribution in [2.24, 2.45) is 5.92 Å². The van der Waals surface area contributed by atoms with Crippen LogP contribution in [0.3, 0.4) is 0 Å². The molecular weight excluding hydrogens is 438 g/mol.